The molecule has 0 spiro atoms. The molecule has 3 aromatic carbocycles. The third-order valence-electron chi connectivity index (χ3n) is 6.85. The number of hydrogen-bond donors (Lipinski definition) is 1. The van der Waals surface area contributed by atoms with Gasteiger partial charge in [-0.2, -0.15) is 0 Å². The van der Waals surface area contributed by atoms with E-state index in [4.69, 9.17) is 15.6 Å². The molecular formula is C30H26N6O3. The molecule has 6 aromatic rings. The molecule has 2 N–H and O–H groups in total. The Bertz CT molecular complexity index is 1990. The Labute approximate surface area is 223 Å². The van der Waals surface area contributed by atoms with Crippen LogP contribution >= 0.6 is 0 Å². The molecular weight excluding hydrogens is 492 g/mol. The molecule has 0 saturated carbocycles. The molecule has 194 valence electrons. The second-order valence-electron chi connectivity index (χ2n) is 9.58. The van der Waals surface area contributed by atoms with E-state index in [9.17, 15) is 9.59 Å². The first-order chi connectivity index (χ1) is 18.8. The van der Waals surface area contributed by atoms with E-state index in [1.807, 2.05) is 62.5 Å². The van der Waals surface area contributed by atoms with Crippen LogP contribution in [0.2, 0.25) is 0 Å². The van der Waals surface area contributed by atoms with Gasteiger partial charge >= 0.3 is 11.5 Å². The highest BCUT2D eigenvalue weighted by molar-refractivity contribution is 5.97. The highest BCUT2D eigenvalue weighted by atomic mass is 16.7. The smallest absolute Gasteiger partial charge is 0.330 e. The topological polar surface area (TPSA) is 118 Å². The molecule has 0 unspecified atom stereocenters. The third-order valence-corrected chi connectivity index (χ3v) is 6.85. The summed E-state index contributed by atoms with van der Waals surface area (Å²) in [5, 5.41) is 0.859. The second-order valence-corrected chi connectivity index (χ2v) is 9.58. The van der Waals surface area contributed by atoms with Crippen molar-refractivity contribution in [3.63, 3.8) is 0 Å². The predicted octanol–water partition coefficient (Wildman–Crippen LogP) is 4.06. The van der Waals surface area contributed by atoms with Crippen LogP contribution in [-0.2, 0) is 17.9 Å². The number of carbonyl (C=O) groups is 1. The highest BCUT2D eigenvalue weighted by Gasteiger charge is 2.20. The first kappa shape index (κ1) is 24.4. The minimum absolute atomic E-state index is 0.172. The summed E-state index contributed by atoms with van der Waals surface area (Å²) in [5.74, 6) is -0.621. The zero-order valence-corrected chi connectivity index (χ0v) is 21.8. The molecule has 0 aliphatic carbocycles. The van der Waals surface area contributed by atoms with Gasteiger partial charge in [-0.05, 0) is 43.2 Å². The predicted molar refractivity (Wildman–Crippen MR) is 150 cm³/mol. The summed E-state index contributed by atoms with van der Waals surface area (Å²) in [4.78, 5) is 45.3. The Morgan fingerprint density at radius 2 is 1.59 bits per heavy atom. The zero-order valence-electron chi connectivity index (χ0n) is 21.8. The summed E-state index contributed by atoms with van der Waals surface area (Å²) in [6, 6.07) is 19.4. The van der Waals surface area contributed by atoms with Gasteiger partial charge in [-0.1, -0.05) is 42.5 Å². The first-order valence-corrected chi connectivity index (χ1v) is 12.6. The third kappa shape index (κ3) is 4.32. The normalized spacial score (nSPS) is 11.5. The molecule has 0 aliphatic heterocycles. The minimum atomic E-state index is -0.621. The van der Waals surface area contributed by atoms with E-state index in [0.29, 0.717) is 40.7 Å². The van der Waals surface area contributed by atoms with Crippen LogP contribution in [0.25, 0.3) is 44.2 Å². The fraction of sp³-hybridized carbons (Fsp3) is 0.167. The number of benzene rings is 3. The summed E-state index contributed by atoms with van der Waals surface area (Å²) in [6.45, 7) is 6.06. The standard InChI is InChI=1S/C30H26N6O3/c1-17-18(2)33-25-13-28-26(12-24(25)32-17)34-29(30(38)36(28)39-19(3)37)23-16-35(27-10-5-4-9-22(23)27)15-21-8-6-7-20(11-21)14-31/h4-13,16H,14-15,31H2,1-3H3. The molecule has 3 aromatic heterocycles. The number of carbonyl (C=O) groups excluding carboxylic acids is 1. The van der Waals surface area contributed by atoms with Crippen molar-refractivity contribution in [1.29, 1.82) is 0 Å². The van der Waals surface area contributed by atoms with Gasteiger partial charge in [0.15, 0.2) is 0 Å². The lowest BCUT2D eigenvalue weighted by molar-refractivity contribution is -0.141. The van der Waals surface area contributed by atoms with Gasteiger partial charge in [0.25, 0.3) is 0 Å². The maximum absolute atomic E-state index is 13.8. The molecule has 0 aliphatic rings. The maximum Gasteiger partial charge on any atom is 0.330 e. The number of para-hydroxylation sites is 1. The van der Waals surface area contributed by atoms with Crippen LogP contribution in [0.1, 0.15) is 29.4 Å². The minimum Gasteiger partial charge on any atom is -0.342 e. The molecule has 39 heavy (non-hydrogen) atoms. The molecule has 9 nitrogen and oxygen atoms in total. The fourth-order valence-corrected chi connectivity index (χ4v) is 4.90. The lowest BCUT2D eigenvalue weighted by atomic mass is 10.1. The van der Waals surface area contributed by atoms with E-state index in [1.54, 1.807) is 12.1 Å². The quantitative estimate of drug-likeness (QED) is 0.342. The van der Waals surface area contributed by atoms with Crippen LogP contribution in [-0.4, -0.2) is 30.2 Å². The Hall–Kier alpha value is -4.89. The Morgan fingerprint density at radius 3 is 2.33 bits per heavy atom. The molecule has 6 rings (SSSR count). The summed E-state index contributed by atoms with van der Waals surface area (Å²) in [5.41, 5.74) is 12.8. The van der Waals surface area contributed by atoms with Crippen molar-refractivity contribution in [2.45, 2.75) is 33.9 Å². The maximum atomic E-state index is 13.8. The van der Waals surface area contributed by atoms with E-state index in [-0.39, 0.29) is 5.69 Å². The number of hydrogen-bond acceptors (Lipinski definition) is 7. The van der Waals surface area contributed by atoms with Crippen molar-refractivity contribution in [3.8, 4) is 11.3 Å². The van der Waals surface area contributed by atoms with Crippen molar-refractivity contribution in [2.24, 2.45) is 5.73 Å². The van der Waals surface area contributed by atoms with E-state index >= 15 is 0 Å². The lowest BCUT2D eigenvalue weighted by Gasteiger charge is -2.12. The average Bonchev–Trinajstić information content (AvgIpc) is 3.28. The number of aromatic nitrogens is 5. The van der Waals surface area contributed by atoms with Crippen LogP contribution in [0.5, 0.6) is 0 Å². The molecule has 0 amide bonds. The average molecular weight is 519 g/mol. The Balaban J connectivity index is 1.60. The monoisotopic (exact) mass is 518 g/mol. The number of nitrogens with two attached hydrogens (primary N) is 1. The van der Waals surface area contributed by atoms with E-state index in [1.165, 1.54) is 6.92 Å². The van der Waals surface area contributed by atoms with Crippen molar-refractivity contribution in [3.05, 3.63) is 99.7 Å². The van der Waals surface area contributed by atoms with Crippen molar-refractivity contribution in [1.82, 2.24) is 24.2 Å². The molecule has 0 bridgehead atoms. The largest absolute Gasteiger partial charge is 0.342 e. The zero-order chi connectivity index (χ0) is 27.3. The number of fused-ring (bicyclic) bond motifs is 3. The van der Waals surface area contributed by atoms with Gasteiger partial charge in [0.2, 0.25) is 0 Å². The van der Waals surface area contributed by atoms with Crippen LogP contribution in [0.3, 0.4) is 0 Å². The van der Waals surface area contributed by atoms with Crippen molar-refractivity contribution < 1.29 is 9.63 Å². The van der Waals surface area contributed by atoms with Gasteiger partial charge < -0.3 is 15.1 Å². The molecule has 0 fully saturated rings. The van der Waals surface area contributed by atoms with Gasteiger partial charge in [0.1, 0.15) is 11.2 Å². The van der Waals surface area contributed by atoms with Crippen molar-refractivity contribution in [2.75, 3.05) is 0 Å². The summed E-state index contributed by atoms with van der Waals surface area (Å²) in [7, 11) is 0. The van der Waals surface area contributed by atoms with E-state index < -0.39 is 11.5 Å². The molecule has 0 atom stereocenters. The van der Waals surface area contributed by atoms with E-state index in [2.05, 4.69) is 20.6 Å². The molecule has 9 heteroatoms. The van der Waals surface area contributed by atoms with Gasteiger partial charge in [-0.3, -0.25) is 4.79 Å². The number of rotatable bonds is 5. The molecule has 3 heterocycles. The Kier molecular flexibility index (Phi) is 5.92. The number of nitrogens with zero attached hydrogens (tertiary/aromatic N) is 5. The molecule has 0 radical (unpaired) electrons. The summed E-state index contributed by atoms with van der Waals surface area (Å²) < 4.78 is 3.09. The summed E-state index contributed by atoms with van der Waals surface area (Å²) >= 11 is 0. The van der Waals surface area contributed by atoms with Gasteiger partial charge in [-0.25, -0.2) is 19.7 Å². The highest BCUT2D eigenvalue weighted by Crippen LogP contribution is 2.30. The van der Waals surface area contributed by atoms with Crippen molar-refractivity contribution >= 4 is 38.9 Å². The van der Waals surface area contributed by atoms with E-state index in [0.717, 1.165) is 38.1 Å². The fourth-order valence-electron chi connectivity index (χ4n) is 4.90. The second kappa shape index (κ2) is 9.45. The van der Waals surface area contributed by atoms with Gasteiger partial charge in [-0.15, -0.1) is 4.73 Å². The molecule has 0 saturated heterocycles. The van der Waals surface area contributed by atoms with Crippen LogP contribution < -0.4 is 16.1 Å². The van der Waals surface area contributed by atoms with Crippen LogP contribution in [0.4, 0.5) is 0 Å². The first-order valence-electron chi connectivity index (χ1n) is 12.6. The van der Waals surface area contributed by atoms with Gasteiger partial charge in [0, 0.05) is 42.7 Å². The number of aryl methyl sites for hydroxylation is 2. The SMILES string of the molecule is CC(=O)On1c(=O)c(-c2cn(Cc3cccc(CN)c3)c3ccccc23)nc2cc3nc(C)c(C)nc3cc21. The summed E-state index contributed by atoms with van der Waals surface area (Å²) in [6.07, 6.45) is 1.92. The van der Waals surface area contributed by atoms with Crippen LogP contribution in [0, 0.1) is 13.8 Å². The lowest BCUT2D eigenvalue weighted by Crippen LogP contribution is -2.31. The Morgan fingerprint density at radius 1 is 0.872 bits per heavy atom. The van der Waals surface area contributed by atoms with Crippen LogP contribution in [0.15, 0.2) is 71.7 Å². The van der Waals surface area contributed by atoms with Gasteiger partial charge in [0.05, 0.1) is 27.9 Å².